The molecule has 4 rings (SSSR count). The summed E-state index contributed by atoms with van der Waals surface area (Å²) in [5.74, 6) is 0. The maximum atomic E-state index is 12.5. The molecule has 0 aliphatic carbocycles. The number of aromatic amines is 1. The molecule has 2 N–H and O–H groups in total. The van der Waals surface area contributed by atoms with Crippen molar-refractivity contribution < 1.29 is 5.11 Å². The van der Waals surface area contributed by atoms with Gasteiger partial charge in [0.15, 0.2) is 11.3 Å². The average molecular weight is 346 g/mol. The second kappa shape index (κ2) is 6.57. The second-order valence-electron chi connectivity index (χ2n) is 6.17. The highest BCUT2D eigenvalue weighted by atomic mass is 16.3. The summed E-state index contributed by atoms with van der Waals surface area (Å²) < 4.78 is 1.62. The van der Waals surface area contributed by atoms with E-state index in [9.17, 15) is 9.90 Å². The molecule has 130 valence electrons. The van der Waals surface area contributed by atoms with E-state index in [4.69, 9.17) is 0 Å². The number of aliphatic hydroxyl groups is 1. The minimum atomic E-state index is -0.238. The van der Waals surface area contributed by atoms with Crippen LogP contribution in [0.25, 0.3) is 22.6 Å². The number of aromatic nitrogens is 4. The van der Waals surface area contributed by atoms with Crippen molar-refractivity contribution in [1.82, 2.24) is 19.5 Å². The number of fused-ring (bicyclic) bond motifs is 1. The fraction of sp³-hybridized carbons (Fsp3) is 0.150. The number of benzene rings is 2. The molecule has 0 saturated carbocycles. The van der Waals surface area contributed by atoms with Gasteiger partial charge in [-0.3, -0.25) is 9.55 Å². The molecule has 2 heterocycles. The molecule has 0 saturated heterocycles. The fourth-order valence-corrected chi connectivity index (χ4v) is 3.10. The number of aliphatic hydroxyl groups excluding tert-OH is 1. The first-order valence-corrected chi connectivity index (χ1v) is 8.40. The van der Waals surface area contributed by atoms with Gasteiger partial charge in [0.05, 0.1) is 24.5 Å². The summed E-state index contributed by atoms with van der Waals surface area (Å²) in [5, 5.41) is 9.34. The normalized spacial score (nSPS) is 12.4. The Bertz CT molecular complexity index is 1120. The van der Waals surface area contributed by atoms with Crippen molar-refractivity contribution in [3.63, 3.8) is 0 Å². The number of rotatable bonds is 4. The summed E-state index contributed by atoms with van der Waals surface area (Å²) in [6.07, 6.45) is 1.63. The Kier molecular flexibility index (Phi) is 4.10. The van der Waals surface area contributed by atoms with Crippen LogP contribution in [0.1, 0.15) is 24.1 Å². The van der Waals surface area contributed by atoms with Gasteiger partial charge >= 0.3 is 5.69 Å². The molecule has 6 nitrogen and oxygen atoms in total. The summed E-state index contributed by atoms with van der Waals surface area (Å²) in [4.78, 5) is 24.3. The van der Waals surface area contributed by atoms with Crippen molar-refractivity contribution in [3.05, 3.63) is 82.4 Å². The molecular formula is C20H18N4O2. The Balaban J connectivity index is 1.86. The van der Waals surface area contributed by atoms with E-state index in [-0.39, 0.29) is 18.3 Å². The monoisotopic (exact) mass is 346 g/mol. The molecule has 0 spiro atoms. The van der Waals surface area contributed by atoms with Gasteiger partial charge in [0.25, 0.3) is 0 Å². The zero-order valence-corrected chi connectivity index (χ0v) is 14.3. The van der Waals surface area contributed by atoms with E-state index in [0.717, 1.165) is 16.7 Å². The first kappa shape index (κ1) is 16.2. The molecule has 4 aromatic rings. The number of nitrogens with one attached hydrogen (secondary N) is 1. The molecule has 0 amide bonds. The third kappa shape index (κ3) is 2.80. The van der Waals surface area contributed by atoms with E-state index < -0.39 is 0 Å². The van der Waals surface area contributed by atoms with Crippen molar-refractivity contribution in [3.8, 4) is 11.3 Å². The van der Waals surface area contributed by atoms with Crippen LogP contribution in [-0.4, -0.2) is 24.6 Å². The molecule has 2 aromatic heterocycles. The maximum absolute atomic E-state index is 12.5. The van der Waals surface area contributed by atoms with Crippen LogP contribution < -0.4 is 5.69 Å². The van der Waals surface area contributed by atoms with Gasteiger partial charge in [-0.1, -0.05) is 48.5 Å². The topological polar surface area (TPSA) is 83.8 Å². The van der Waals surface area contributed by atoms with E-state index in [2.05, 4.69) is 15.0 Å². The van der Waals surface area contributed by atoms with Crippen molar-refractivity contribution in [2.24, 2.45) is 0 Å². The first-order valence-electron chi connectivity index (χ1n) is 8.40. The van der Waals surface area contributed by atoms with E-state index in [1.54, 1.807) is 10.8 Å². The fourth-order valence-electron chi connectivity index (χ4n) is 3.10. The Morgan fingerprint density at radius 2 is 1.96 bits per heavy atom. The highest BCUT2D eigenvalue weighted by Gasteiger charge is 2.17. The summed E-state index contributed by atoms with van der Waals surface area (Å²) >= 11 is 0. The summed E-state index contributed by atoms with van der Waals surface area (Å²) in [5.41, 5.74) is 4.05. The minimum absolute atomic E-state index is 0.0383. The van der Waals surface area contributed by atoms with Crippen LogP contribution >= 0.6 is 0 Å². The lowest BCUT2D eigenvalue weighted by Crippen LogP contribution is -2.21. The number of nitrogens with zero attached hydrogens (tertiary/aromatic N) is 3. The van der Waals surface area contributed by atoms with Gasteiger partial charge in [-0.05, 0) is 24.1 Å². The third-order valence-corrected chi connectivity index (χ3v) is 4.50. The molecule has 0 fully saturated rings. The van der Waals surface area contributed by atoms with Crippen LogP contribution in [0.5, 0.6) is 0 Å². The highest BCUT2D eigenvalue weighted by molar-refractivity contribution is 5.71. The lowest BCUT2D eigenvalue weighted by atomic mass is 10.1. The zero-order chi connectivity index (χ0) is 18.1. The van der Waals surface area contributed by atoms with Gasteiger partial charge in [-0.15, -0.1) is 0 Å². The molecule has 2 aromatic carbocycles. The standard InChI is InChI=1S/C20H18N4O2/c1-13(15-7-3-2-4-8-15)24-19-18(23-20(24)26)21-11-17(22-19)16-9-5-6-14(10-16)12-25/h2-11,13,25H,12H2,1H3,(H,21,23,26). The number of imidazole rings is 1. The smallest absolute Gasteiger partial charge is 0.329 e. The van der Waals surface area contributed by atoms with Crippen LogP contribution in [0.4, 0.5) is 0 Å². The summed E-state index contributed by atoms with van der Waals surface area (Å²) in [6, 6.07) is 17.1. The molecule has 0 aliphatic heterocycles. The van der Waals surface area contributed by atoms with Gasteiger partial charge in [-0.2, -0.15) is 0 Å². The minimum Gasteiger partial charge on any atom is -0.392 e. The molecule has 0 aliphatic rings. The molecule has 0 radical (unpaired) electrons. The number of hydrogen-bond donors (Lipinski definition) is 2. The van der Waals surface area contributed by atoms with Crippen molar-refractivity contribution in [1.29, 1.82) is 0 Å². The van der Waals surface area contributed by atoms with Crippen LogP contribution in [0, 0.1) is 0 Å². The Hall–Kier alpha value is -3.25. The number of hydrogen-bond acceptors (Lipinski definition) is 4. The number of H-pyrrole nitrogens is 1. The molecule has 26 heavy (non-hydrogen) atoms. The Morgan fingerprint density at radius 3 is 2.73 bits per heavy atom. The van der Waals surface area contributed by atoms with Crippen LogP contribution in [0.3, 0.4) is 0 Å². The van der Waals surface area contributed by atoms with Crippen molar-refractivity contribution >= 4 is 11.3 Å². The lowest BCUT2D eigenvalue weighted by Gasteiger charge is -2.13. The summed E-state index contributed by atoms with van der Waals surface area (Å²) in [6.45, 7) is 1.92. The largest absolute Gasteiger partial charge is 0.392 e. The quantitative estimate of drug-likeness (QED) is 0.595. The Labute approximate surface area is 149 Å². The van der Waals surface area contributed by atoms with Crippen molar-refractivity contribution in [2.45, 2.75) is 19.6 Å². The highest BCUT2D eigenvalue weighted by Crippen LogP contribution is 2.23. The predicted molar refractivity (Wildman–Crippen MR) is 99.8 cm³/mol. The SMILES string of the molecule is CC(c1ccccc1)n1c(=O)[nH]c2ncc(-c3cccc(CO)c3)nc21. The molecule has 0 bridgehead atoms. The lowest BCUT2D eigenvalue weighted by molar-refractivity contribution is 0.282. The van der Waals surface area contributed by atoms with Crippen molar-refractivity contribution in [2.75, 3.05) is 0 Å². The van der Waals surface area contributed by atoms with Crippen LogP contribution in [-0.2, 0) is 6.61 Å². The third-order valence-electron chi connectivity index (χ3n) is 4.50. The molecular weight excluding hydrogens is 328 g/mol. The van der Waals surface area contributed by atoms with E-state index in [0.29, 0.717) is 17.0 Å². The molecule has 1 unspecified atom stereocenters. The zero-order valence-electron chi connectivity index (χ0n) is 14.3. The molecule has 1 atom stereocenters. The van der Waals surface area contributed by atoms with E-state index in [1.165, 1.54) is 0 Å². The van der Waals surface area contributed by atoms with Crippen LogP contribution in [0.2, 0.25) is 0 Å². The van der Waals surface area contributed by atoms with Gasteiger partial charge in [0.2, 0.25) is 0 Å². The first-order chi connectivity index (χ1) is 12.7. The second-order valence-corrected chi connectivity index (χ2v) is 6.17. The maximum Gasteiger partial charge on any atom is 0.329 e. The summed E-state index contributed by atoms with van der Waals surface area (Å²) in [7, 11) is 0. The van der Waals surface area contributed by atoms with E-state index in [1.807, 2.05) is 61.5 Å². The van der Waals surface area contributed by atoms with Gasteiger partial charge in [-0.25, -0.2) is 14.8 Å². The Morgan fingerprint density at radius 1 is 1.15 bits per heavy atom. The molecule has 6 heteroatoms. The van der Waals surface area contributed by atoms with Gasteiger partial charge in [0, 0.05) is 5.56 Å². The average Bonchev–Trinajstić information content (AvgIpc) is 3.03. The van der Waals surface area contributed by atoms with Crippen LogP contribution in [0.15, 0.2) is 65.6 Å². The predicted octanol–water partition coefficient (Wildman–Crippen LogP) is 2.89. The van der Waals surface area contributed by atoms with E-state index >= 15 is 0 Å². The van der Waals surface area contributed by atoms with Gasteiger partial charge < -0.3 is 5.11 Å². The van der Waals surface area contributed by atoms with Gasteiger partial charge in [0.1, 0.15) is 0 Å².